The lowest BCUT2D eigenvalue weighted by atomic mass is 10.2. The van der Waals surface area contributed by atoms with Crippen LogP contribution < -0.4 is 14.5 Å². The maximum absolute atomic E-state index is 13.4. The third kappa shape index (κ3) is 7.08. The molecule has 4 aromatic carbocycles. The van der Waals surface area contributed by atoms with Crippen molar-refractivity contribution in [1.82, 2.24) is 5.43 Å². The largest absolute Gasteiger partial charge is 0.489 e. The van der Waals surface area contributed by atoms with Crippen LogP contribution in [-0.4, -0.2) is 27.1 Å². The number of sulfonamides is 1. The van der Waals surface area contributed by atoms with Gasteiger partial charge < -0.3 is 4.74 Å². The molecule has 0 unspecified atom stereocenters. The smallest absolute Gasteiger partial charge is 0.264 e. The maximum Gasteiger partial charge on any atom is 0.264 e. The van der Waals surface area contributed by atoms with E-state index in [4.69, 9.17) is 4.74 Å². The Labute approximate surface area is 223 Å². The van der Waals surface area contributed by atoms with Gasteiger partial charge in [0.25, 0.3) is 15.9 Å². The molecule has 0 saturated carbocycles. The molecule has 0 aliphatic carbocycles. The Bertz CT molecular complexity index is 1480. The van der Waals surface area contributed by atoms with Crippen LogP contribution in [0.3, 0.4) is 0 Å². The van der Waals surface area contributed by atoms with Gasteiger partial charge in [-0.15, -0.1) is 0 Å². The summed E-state index contributed by atoms with van der Waals surface area (Å²) in [6.07, 6.45) is 1.49. The van der Waals surface area contributed by atoms with Gasteiger partial charge in [-0.1, -0.05) is 65.7 Å². The lowest BCUT2D eigenvalue weighted by Gasteiger charge is -2.24. The first-order valence-electron chi connectivity index (χ1n) is 12.1. The van der Waals surface area contributed by atoms with Crippen molar-refractivity contribution >= 4 is 27.8 Å². The molecule has 0 radical (unpaired) electrons. The summed E-state index contributed by atoms with van der Waals surface area (Å²) in [6.45, 7) is 3.83. The van der Waals surface area contributed by atoms with Crippen LogP contribution in [0.5, 0.6) is 5.75 Å². The molecule has 0 spiro atoms. The number of hydrogen-bond acceptors (Lipinski definition) is 5. The minimum atomic E-state index is -3.98. The quantitative estimate of drug-likeness (QED) is 0.226. The molecule has 38 heavy (non-hydrogen) atoms. The number of ether oxygens (including phenoxy) is 1. The zero-order chi connectivity index (χ0) is 27.0. The number of anilines is 1. The minimum absolute atomic E-state index is 0.106. The second-order valence-electron chi connectivity index (χ2n) is 8.80. The topological polar surface area (TPSA) is 88.1 Å². The van der Waals surface area contributed by atoms with Crippen LogP contribution >= 0.6 is 0 Å². The van der Waals surface area contributed by atoms with Gasteiger partial charge in [0.15, 0.2) is 0 Å². The second kappa shape index (κ2) is 12.2. The van der Waals surface area contributed by atoms with Gasteiger partial charge in [0.2, 0.25) is 0 Å². The predicted molar refractivity (Wildman–Crippen MR) is 150 cm³/mol. The molecule has 0 heterocycles. The fourth-order valence-corrected chi connectivity index (χ4v) is 5.02. The highest BCUT2D eigenvalue weighted by Gasteiger charge is 2.27. The SMILES string of the molecule is Cc1ccc(N(CC(=O)N/N=C\c2ccc(OCc3ccccc3)cc2)S(=O)(=O)c2ccc(C)cc2)cc1. The number of hydrazone groups is 1. The first kappa shape index (κ1) is 26.6. The van der Waals surface area contributed by atoms with Crippen molar-refractivity contribution in [3.63, 3.8) is 0 Å². The Morgan fingerprint density at radius 1 is 0.842 bits per heavy atom. The molecule has 4 rings (SSSR count). The number of amides is 1. The van der Waals surface area contributed by atoms with Gasteiger partial charge in [-0.3, -0.25) is 9.10 Å². The van der Waals surface area contributed by atoms with E-state index in [0.717, 1.165) is 26.6 Å². The van der Waals surface area contributed by atoms with Crippen LogP contribution in [0.25, 0.3) is 0 Å². The Balaban J connectivity index is 1.41. The van der Waals surface area contributed by atoms with Gasteiger partial charge in [-0.05, 0) is 73.5 Å². The zero-order valence-electron chi connectivity index (χ0n) is 21.2. The molecule has 1 amide bonds. The van der Waals surface area contributed by atoms with Gasteiger partial charge in [-0.25, -0.2) is 13.8 Å². The molecule has 0 aromatic heterocycles. The molecule has 0 aliphatic heterocycles. The third-order valence-electron chi connectivity index (χ3n) is 5.75. The molecule has 0 aliphatic rings. The van der Waals surface area contributed by atoms with Gasteiger partial charge in [-0.2, -0.15) is 5.10 Å². The number of hydrogen-bond donors (Lipinski definition) is 1. The fourth-order valence-electron chi connectivity index (χ4n) is 3.60. The van der Waals surface area contributed by atoms with Crippen molar-refractivity contribution in [2.75, 3.05) is 10.8 Å². The standard InChI is InChI=1S/C30H29N3O4S/c1-23-8-14-27(15-9-23)33(38(35,36)29-18-10-24(2)11-19-29)21-30(34)32-31-20-25-12-16-28(17-13-25)37-22-26-6-4-3-5-7-26/h3-20H,21-22H2,1-2H3,(H,32,34)/b31-20-. The van der Waals surface area contributed by atoms with Gasteiger partial charge in [0, 0.05) is 0 Å². The molecular weight excluding hydrogens is 498 g/mol. The molecule has 0 saturated heterocycles. The highest BCUT2D eigenvalue weighted by Crippen LogP contribution is 2.24. The Kier molecular flexibility index (Phi) is 8.55. The molecule has 0 bridgehead atoms. The van der Waals surface area contributed by atoms with E-state index >= 15 is 0 Å². The number of benzene rings is 4. The van der Waals surface area contributed by atoms with Crippen LogP contribution in [-0.2, 0) is 21.4 Å². The molecule has 0 atom stereocenters. The number of nitrogens with zero attached hydrogens (tertiary/aromatic N) is 2. The number of carbonyl (C=O) groups is 1. The van der Waals surface area contributed by atoms with E-state index in [1.165, 1.54) is 18.3 Å². The molecule has 194 valence electrons. The minimum Gasteiger partial charge on any atom is -0.489 e. The average molecular weight is 528 g/mol. The summed E-state index contributed by atoms with van der Waals surface area (Å²) in [6, 6.07) is 30.6. The van der Waals surface area contributed by atoms with Crippen LogP contribution in [0, 0.1) is 13.8 Å². The lowest BCUT2D eigenvalue weighted by molar-refractivity contribution is -0.119. The summed E-state index contributed by atoms with van der Waals surface area (Å²) < 4.78 is 33.7. The van der Waals surface area contributed by atoms with Crippen molar-refractivity contribution < 1.29 is 17.9 Å². The van der Waals surface area contributed by atoms with E-state index in [-0.39, 0.29) is 4.90 Å². The van der Waals surface area contributed by atoms with Crippen LogP contribution in [0.15, 0.2) is 113 Å². The summed E-state index contributed by atoms with van der Waals surface area (Å²) in [7, 11) is -3.98. The molecule has 1 N–H and O–H groups in total. The van der Waals surface area contributed by atoms with E-state index in [1.807, 2.05) is 68.4 Å². The van der Waals surface area contributed by atoms with Crippen molar-refractivity contribution in [3.8, 4) is 5.75 Å². The van der Waals surface area contributed by atoms with E-state index in [2.05, 4.69) is 10.5 Å². The zero-order valence-corrected chi connectivity index (χ0v) is 22.1. The van der Waals surface area contributed by atoms with Crippen LogP contribution in [0.4, 0.5) is 5.69 Å². The number of carbonyl (C=O) groups excluding carboxylic acids is 1. The van der Waals surface area contributed by atoms with Crippen molar-refractivity contribution in [2.24, 2.45) is 5.10 Å². The molecule has 0 fully saturated rings. The van der Waals surface area contributed by atoms with Crippen molar-refractivity contribution in [3.05, 3.63) is 125 Å². The van der Waals surface area contributed by atoms with Crippen LogP contribution in [0.2, 0.25) is 0 Å². The number of aryl methyl sites for hydroxylation is 2. The fraction of sp³-hybridized carbons (Fsp3) is 0.133. The van der Waals surface area contributed by atoms with Gasteiger partial charge in [0.1, 0.15) is 18.9 Å². The maximum atomic E-state index is 13.4. The van der Waals surface area contributed by atoms with Crippen molar-refractivity contribution in [1.29, 1.82) is 0 Å². The predicted octanol–water partition coefficient (Wildman–Crippen LogP) is 5.23. The Morgan fingerprint density at radius 3 is 2.08 bits per heavy atom. The molecule has 4 aromatic rings. The summed E-state index contributed by atoms with van der Waals surface area (Å²) >= 11 is 0. The van der Waals surface area contributed by atoms with E-state index in [9.17, 15) is 13.2 Å². The Hall–Kier alpha value is -4.43. The highest BCUT2D eigenvalue weighted by atomic mass is 32.2. The number of nitrogens with one attached hydrogen (secondary N) is 1. The first-order valence-corrected chi connectivity index (χ1v) is 13.5. The monoisotopic (exact) mass is 527 g/mol. The first-order chi connectivity index (χ1) is 18.3. The van der Waals surface area contributed by atoms with Gasteiger partial charge in [0.05, 0.1) is 16.8 Å². The summed E-state index contributed by atoms with van der Waals surface area (Å²) in [5.74, 6) is 0.144. The molecule has 8 heteroatoms. The Morgan fingerprint density at radius 2 is 1.45 bits per heavy atom. The van der Waals surface area contributed by atoms with E-state index in [0.29, 0.717) is 18.0 Å². The summed E-state index contributed by atoms with van der Waals surface area (Å²) in [5, 5.41) is 4.01. The molecule has 7 nitrogen and oxygen atoms in total. The average Bonchev–Trinajstić information content (AvgIpc) is 2.93. The lowest BCUT2D eigenvalue weighted by Crippen LogP contribution is -2.39. The van der Waals surface area contributed by atoms with Crippen LogP contribution in [0.1, 0.15) is 22.3 Å². The van der Waals surface area contributed by atoms with Crippen molar-refractivity contribution in [2.45, 2.75) is 25.3 Å². The van der Waals surface area contributed by atoms with E-state index in [1.54, 1.807) is 36.4 Å². The second-order valence-corrected chi connectivity index (χ2v) is 10.7. The van der Waals surface area contributed by atoms with Gasteiger partial charge >= 0.3 is 0 Å². The number of rotatable bonds is 10. The van der Waals surface area contributed by atoms with E-state index < -0.39 is 22.5 Å². The summed E-state index contributed by atoms with van der Waals surface area (Å²) in [4.78, 5) is 12.8. The third-order valence-corrected chi connectivity index (χ3v) is 7.54. The summed E-state index contributed by atoms with van der Waals surface area (Å²) in [5.41, 5.74) is 6.56. The molecular formula is C30H29N3O4S. The highest BCUT2D eigenvalue weighted by molar-refractivity contribution is 7.92. The normalized spacial score (nSPS) is 11.3.